The van der Waals surface area contributed by atoms with Crippen molar-refractivity contribution in [2.45, 2.75) is 57.5 Å². The number of pyridine rings is 3. The SMILES string of the molecule is Cc1nnc(-c2c(CCC3CCOCC3)nc3c(c2-c2cc4ccnc(N[C@@H]5CCc6ncccc65)c4s2)C(=O)N2CCOC[C@H]32)o1. The van der Waals surface area contributed by atoms with Gasteiger partial charge < -0.3 is 24.1 Å². The number of hydrogen-bond donors (Lipinski definition) is 1. The lowest BCUT2D eigenvalue weighted by Gasteiger charge is -2.29. The summed E-state index contributed by atoms with van der Waals surface area (Å²) in [5.74, 6) is 2.23. The summed E-state index contributed by atoms with van der Waals surface area (Å²) in [4.78, 5) is 31.8. The molecule has 3 aliphatic heterocycles. The van der Waals surface area contributed by atoms with Gasteiger partial charge in [0.25, 0.3) is 5.91 Å². The molecule has 4 aliphatic rings. The summed E-state index contributed by atoms with van der Waals surface area (Å²) in [6.45, 7) is 4.87. The van der Waals surface area contributed by atoms with Crippen LogP contribution in [0.2, 0.25) is 0 Å². The highest BCUT2D eigenvalue weighted by Gasteiger charge is 2.44. The maximum atomic E-state index is 14.3. The first-order chi connectivity index (χ1) is 23.1. The Bertz CT molecular complexity index is 2000. The van der Waals surface area contributed by atoms with E-state index in [0.29, 0.717) is 43.0 Å². The molecule has 0 bridgehead atoms. The Labute approximate surface area is 275 Å². The number of rotatable bonds is 7. The maximum Gasteiger partial charge on any atom is 0.257 e. The van der Waals surface area contributed by atoms with Gasteiger partial charge >= 0.3 is 0 Å². The summed E-state index contributed by atoms with van der Waals surface area (Å²) >= 11 is 1.64. The van der Waals surface area contributed by atoms with E-state index in [9.17, 15) is 4.79 Å². The van der Waals surface area contributed by atoms with E-state index < -0.39 is 0 Å². The minimum Gasteiger partial charge on any atom is -0.421 e. The molecule has 0 unspecified atom stereocenters. The van der Waals surface area contributed by atoms with Crippen LogP contribution < -0.4 is 5.32 Å². The van der Waals surface area contributed by atoms with Crippen LogP contribution in [0.15, 0.2) is 41.1 Å². The fourth-order valence-corrected chi connectivity index (χ4v) is 8.84. The normalized spacial score (nSPS) is 20.9. The van der Waals surface area contributed by atoms with Crippen molar-refractivity contribution in [3.63, 3.8) is 0 Å². The van der Waals surface area contributed by atoms with E-state index >= 15 is 0 Å². The highest BCUT2D eigenvalue weighted by Crippen LogP contribution is 2.49. The van der Waals surface area contributed by atoms with Crippen LogP contribution in [0.25, 0.3) is 32.0 Å². The van der Waals surface area contributed by atoms with E-state index in [1.54, 1.807) is 18.3 Å². The standard InChI is InChI=1S/C35H35N7O4S/c1-19-40-41-34(46-19)28-25(5-4-20-9-14-44-15-10-20)38-31-26-18-45-16-13-42(26)35(43)30(31)29(28)27-17-21-8-12-37-33(32(21)47-27)39-24-7-6-23-22(24)3-2-11-36-23/h2-3,8,11-12,17,20,24,26H,4-7,9-10,13-16,18H2,1H3,(H,37,39)/t24-,26-/m1/s1. The monoisotopic (exact) mass is 649 g/mol. The summed E-state index contributed by atoms with van der Waals surface area (Å²) in [5.41, 5.74) is 6.24. The molecule has 11 nitrogen and oxygen atoms in total. The van der Waals surface area contributed by atoms with Gasteiger partial charge in [-0.3, -0.25) is 14.8 Å². The van der Waals surface area contributed by atoms with Crippen molar-refractivity contribution >= 4 is 33.1 Å². The summed E-state index contributed by atoms with van der Waals surface area (Å²) < 4.78 is 18.7. The molecule has 5 aromatic heterocycles. The molecule has 0 radical (unpaired) electrons. The van der Waals surface area contributed by atoms with Crippen molar-refractivity contribution in [3.8, 4) is 21.9 Å². The largest absolute Gasteiger partial charge is 0.421 e. The van der Waals surface area contributed by atoms with Crippen molar-refractivity contribution < 1.29 is 18.7 Å². The van der Waals surface area contributed by atoms with E-state index in [-0.39, 0.29) is 18.0 Å². The number of aromatic nitrogens is 5. The Morgan fingerprint density at radius 1 is 1.02 bits per heavy atom. The van der Waals surface area contributed by atoms with Crippen LogP contribution in [0.3, 0.4) is 0 Å². The van der Waals surface area contributed by atoms with Crippen LogP contribution in [0.5, 0.6) is 0 Å². The second-order valence-corrected chi connectivity index (χ2v) is 13.9. The Balaban J connectivity index is 1.21. The van der Waals surface area contributed by atoms with Crippen LogP contribution in [0, 0.1) is 12.8 Å². The number of nitrogens with one attached hydrogen (secondary N) is 1. The predicted molar refractivity (Wildman–Crippen MR) is 176 cm³/mol. The number of aryl methyl sites for hydroxylation is 3. The van der Waals surface area contributed by atoms with Gasteiger partial charge in [0.15, 0.2) is 0 Å². The Morgan fingerprint density at radius 3 is 2.81 bits per heavy atom. The lowest BCUT2D eigenvalue weighted by atomic mass is 9.90. The van der Waals surface area contributed by atoms with Gasteiger partial charge in [-0.15, -0.1) is 21.5 Å². The van der Waals surface area contributed by atoms with Crippen molar-refractivity contribution in [1.29, 1.82) is 0 Å². The molecular formula is C35H35N7O4S. The van der Waals surface area contributed by atoms with Crippen LogP contribution in [-0.2, 0) is 22.3 Å². The predicted octanol–water partition coefficient (Wildman–Crippen LogP) is 6.10. The van der Waals surface area contributed by atoms with Gasteiger partial charge in [0.2, 0.25) is 11.8 Å². The number of nitrogens with zero attached hydrogens (tertiary/aromatic N) is 6. The van der Waals surface area contributed by atoms with Gasteiger partial charge in [-0.2, -0.15) is 0 Å². The van der Waals surface area contributed by atoms with Crippen molar-refractivity contribution in [1.82, 2.24) is 30.0 Å². The second-order valence-electron chi connectivity index (χ2n) is 12.8. The highest BCUT2D eigenvalue weighted by molar-refractivity contribution is 7.23. The number of ether oxygens (including phenoxy) is 2. The molecule has 5 aromatic rings. The molecule has 240 valence electrons. The molecule has 12 heteroatoms. The number of fused-ring (bicyclic) bond motifs is 5. The molecule has 1 aliphatic carbocycles. The molecule has 2 fully saturated rings. The average Bonchev–Trinajstić information content (AvgIpc) is 3.90. The van der Waals surface area contributed by atoms with Gasteiger partial charge in [0.1, 0.15) is 5.82 Å². The zero-order valence-corrected chi connectivity index (χ0v) is 27.0. The van der Waals surface area contributed by atoms with Crippen LogP contribution in [0.1, 0.15) is 76.7 Å². The number of carbonyl (C=O) groups is 1. The smallest absolute Gasteiger partial charge is 0.257 e. The molecule has 9 rings (SSSR count). The average molecular weight is 650 g/mol. The first-order valence-electron chi connectivity index (χ1n) is 16.6. The fourth-order valence-electron chi connectivity index (χ4n) is 7.68. The molecular weight excluding hydrogens is 614 g/mol. The number of thiophene rings is 1. The highest BCUT2D eigenvalue weighted by atomic mass is 32.1. The third-order valence-corrected chi connectivity index (χ3v) is 11.2. The van der Waals surface area contributed by atoms with Crippen LogP contribution >= 0.6 is 11.3 Å². The number of morpholine rings is 1. The van der Waals surface area contributed by atoms with Crippen LogP contribution in [-0.4, -0.2) is 68.9 Å². The summed E-state index contributed by atoms with van der Waals surface area (Å²) in [5, 5.41) is 13.5. The molecule has 2 saturated heterocycles. The quantitative estimate of drug-likeness (QED) is 0.221. The molecule has 1 N–H and O–H groups in total. The number of hydrogen-bond acceptors (Lipinski definition) is 11. The van der Waals surface area contributed by atoms with Gasteiger partial charge in [-0.25, -0.2) is 4.98 Å². The molecule has 47 heavy (non-hydrogen) atoms. The molecule has 2 atom stereocenters. The van der Waals surface area contributed by atoms with E-state index in [1.165, 1.54) is 5.56 Å². The summed E-state index contributed by atoms with van der Waals surface area (Å²) in [6.07, 6.45) is 9.39. The number of amides is 1. The van der Waals surface area contributed by atoms with Gasteiger partial charge in [0.05, 0.1) is 52.5 Å². The van der Waals surface area contributed by atoms with Gasteiger partial charge in [-0.05, 0) is 73.6 Å². The molecule has 0 spiro atoms. The Hall–Kier alpha value is -4.26. The van der Waals surface area contributed by atoms with Gasteiger partial charge in [-0.1, -0.05) is 6.07 Å². The van der Waals surface area contributed by atoms with E-state index in [0.717, 1.165) is 101 Å². The maximum absolute atomic E-state index is 14.3. The van der Waals surface area contributed by atoms with Crippen LogP contribution in [0.4, 0.5) is 5.82 Å². The molecule has 1 amide bonds. The van der Waals surface area contributed by atoms with Crippen molar-refractivity contribution in [3.05, 3.63) is 70.8 Å². The minimum atomic E-state index is -0.213. The Morgan fingerprint density at radius 2 is 1.94 bits per heavy atom. The first kappa shape index (κ1) is 28.9. The van der Waals surface area contributed by atoms with E-state index in [4.69, 9.17) is 23.9 Å². The molecule has 8 heterocycles. The van der Waals surface area contributed by atoms with Gasteiger partial charge in [0, 0.05) is 55.2 Å². The third kappa shape index (κ3) is 5.01. The van der Waals surface area contributed by atoms with Crippen molar-refractivity contribution in [2.75, 3.05) is 38.3 Å². The third-order valence-electron chi connectivity index (χ3n) is 10.1. The second kappa shape index (κ2) is 11.8. The zero-order chi connectivity index (χ0) is 31.5. The minimum absolute atomic E-state index is 0.0201. The summed E-state index contributed by atoms with van der Waals surface area (Å²) in [6, 6.07) is 8.28. The van der Waals surface area contributed by atoms with Crippen molar-refractivity contribution in [2.24, 2.45) is 5.92 Å². The summed E-state index contributed by atoms with van der Waals surface area (Å²) in [7, 11) is 0. The molecule has 0 aromatic carbocycles. The zero-order valence-electron chi connectivity index (χ0n) is 26.2. The fraction of sp³-hybridized carbons (Fsp3) is 0.429. The van der Waals surface area contributed by atoms with E-state index in [1.807, 2.05) is 29.4 Å². The lowest BCUT2D eigenvalue weighted by Crippen LogP contribution is -2.38. The molecule has 0 saturated carbocycles. The Kier molecular flexibility index (Phi) is 7.24. The number of carbonyl (C=O) groups excluding carboxylic acids is 1. The topological polar surface area (TPSA) is 128 Å². The first-order valence-corrected chi connectivity index (χ1v) is 17.4. The van der Waals surface area contributed by atoms with E-state index in [2.05, 4.69) is 32.6 Å². The lowest BCUT2D eigenvalue weighted by molar-refractivity contribution is 0.00352. The number of anilines is 1.